The van der Waals surface area contributed by atoms with Gasteiger partial charge in [-0.2, -0.15) is 0 Å². The Hall–Kier alpha value is -1.13. The zero-order valence-electron chi connectivity index (χ0n) is 10.2. The van der Waals surface area contributed by atoms with E-state index in [4.69, 9.17) is 0 Å². The Kier molecular flexibility index (Phi) is 5.22. The molecule has 0 saturated heterocycles. The van der Waals surface area contributed by atoms with Crippen LogP contribution >= 0.6 is 50.3 Å². The fourth-order valence-corrected chi connectivity index (χ4v) is 3.88. The summed E-state index contributed by atoms with van der Waals surface area (Å²) in [6.07, 6.45) is 0. The summed E-state index contributed by atoms with van der Waals surface area (Å²) in [4.78, 5) is 22.8. The summed E-state index contributed by atoms with van der Waals surface area (Å²) in [6, 6.07) is 9.38. The quantitative estimate of drug-likeness (QED) is 0.386. The van der Waals surface area contributed by atoms with Gasteiger partial charge in [0.1, 0.15) is 0 Å². The minimum atomic E-state index is -1.01. The van der Waals surface area contributed by atoms with E-state index in [2.05, 4.69) is 15.9 Å². The summed E-state index contributed by atoms with van der Waals surface area (Å²) in [5.41, 5.74) is 0.203. The topological polar surface area (TPSA) is 80.4 Å². The number of hydrogen-bond acceptors (Lipinski definition) is 4. The van der Waals surface area contributed by atoms with Crippen molar-refractivity contribution in [2.45, 2.75) is 9.79 Å². The largest absolute Gasteiger partial charge is 0.478 e. The minimum absolute atomic E-state index is 0.0106. The number of carboxylic acids is 1. The van der Waals surface area contributed by atoms with Gasteiger partial charge >= 0.3 is 5.97 Å². The molecule has 0 aromatic heterocycles. The molecule has 108 valence electrons. The van der Waals surface area contributed by atoms with Crippen LogP contribution in [-0.2, 0) is 0 Å². The lowest BCUT2D eigenvalue weighted by Gasteiger charge is -2.08. The van der Waals surface area contributed by atoms with Gasteiger partial charge in [-0.15, -0.1) is 0 Å². The third kappa shape index (κ3) is 3.95. The van der Waals surface area contributed by atoms with Crippen LogP contribution in [0.2, 0.25) is 0 Å². The molecule has 0 unspecified atom stereocenters. The molecule has 0 spiro atoms. The Bertz CT molecular complexity index is 738. The number of benzene rings is 2. The molecule has 2 aromatic rings. The molecule has 5 nitrogen and oxygen atoms in total. The molecule has 1 N–H and O–H groups in total. The number of nitro groups is 1. The van der Waals surface area contributed by atoms with Crippen LogP contribution < -0.4 is 0 Å². The number of hydrogen-bond donors (Lipinski definition) is 1. The molecule has 2 aromatic carbocycles. The normalized spacial score (nSPS) is 10.4. The van der Waals surface area contributed by atoms with Crippen LogP contribution in [0.25, 0.3) is 0 Å². The molecule has 0 radical (unpaired) electrons. The zero-order chi connectivity index (χ0) is 15.6. The fourth-order valence-electron chi connectivity index (χ4n) is 1.56. The maximum Gasteiger partial charge on any atom is 0.336 e. The lowest BCUT2D eigenvalue weighted by molar-refractivity contribution is -0.385. The van der Waals surface area contributed by atoms with Crippen LogP contribution in [0.4, 0.5) is 5.69 Å². The molecule has 0 aliphatic rings. The summed E-state index contributed by atoms with van der Waals surface area (Å²) < 4.78 is 1.47. The average Bonchev–Trinajstić information content (AvgIpc) is 2.40. The van der Waals surface area contributed by atoms with Crippen molar-refractivity contribution in [1.82, 2.24) is 0 Å². The first-order valence-electron chi connectivity index (χ1n) is 5.53. The number of rotatable bonds is 4. The Morgan fingerprint density at radius 3 is 2.52 bits per heavy atom. The Morgan fingerprint density at radius 1 is 1.24 bits per heavy atom. The fraction of sp³-hybridized carbons (Fsp3) is 0. The summed E-state index contributed by atoms with van der Waals surface area (Å²) in [6.45, 7) is 0. The van der Waals surface area contributed by atoms with Gasteiger partial charge in [0, 0.05) is 30.0 Å². The summed E-state index contributed by atoms with van der Waals surface area (Å²) in [7, 11) is 0. The predicted molar refractivity (Wildman–Crippen MR) is 91.0 cm³/mol. The molecule has 0 heterocycles. The highest BCUT2D eigenvalue weighted by Crippen LogP contribution is 2.36. The molecule has 8 heteroatoms. The molecule has 0 bridgehead atoms. The number of halogens is 2. The van der Waals surface area contributed by atoms with Crippen molar-refractivity contribution in [3.8, 4) is 0 Å². The Balaban J connectivity index is 2.40. The van der Waals surface area contributed by atoms with Crippen molar-refractivity contribution < 1.29 is 14.8 Å². The molecule has 0 aliphatic carbocycles. The van der Waals surface area contributed by atoms with Gasteiger partial charge in [-0.3, -0.25) is 10.1 Å². The van der Waals surface area contributed by atoms with Crippen LogP contribution in [0.3, 0.4) is 0 Å². The number of carboxylic acid groups (broad SMARTS) is 1. The maximum atomic E-state index is 11.2. The highest BCUT2D eigenvalue weighted by molar-refractivity contribution is 14.1. The van der Waals surface area contributed by atoms with E-state index in [0.717, 1.165) is 9.37 Å². The first-order valence-corrected chi connectivity index (χ1v) is 8.22. The summed E-state index contributed by atoms with van der Waals surface area (Å²) in [5.74, 6) is -1.01. The van der Waals surface area contributed by atoms with E-state index in [0.29, 0.717) is 8.47 Å². The lowest BCUT2D eigenvalue weighted by Crippen LogP contribution is -1.98. The predicted octanol–water partition coefficient (Wildman–Crippen LogP) is 4.81. The van der Waals surface area contributed by atoms with E-state index in [1.54, 1.807) is 18.2 Å². The van der Waals surface area contributed by atoms with Gasteiger partial charge in [0.15, 0.2) is 0 Å². The maximum absolute atomic E-state index is 11.2. The van der Waals surface area contributed by atoms with Crippen molar-refractivity contribution >= 4 is 61.9 Å². The molecule has 0 fully saturated rings. The van der Waals surface area contributed by atoms with Crippen LogP contribution in [0, 0.1) is 13.7 Å². The molecule has 0 saturated carbocycles. The molecule has 0 amide bonds. The number of carbonyl (C=O) groups is 1. The highest BCUT2D eigenvalue weighted by Gasteiger charge is 2.15. The third-order valence-corrected chi connectivity index (χ3v) is 5.41. The van der Waals surface area contributed by atoms with Gasteiger partial charge in [0.2, 0.25) is 0 Å². The summed E-state index contributed by atoms with van der Waals surface area (Å²) in [5, 5.41) is 19.9. The van der Waals surface area contributed by atoms with Crippen molar-refractivity contribution in [1.29, 1.82) is 0 Å². The van der Waals surface area contributed by atoms with Gasteiger partial charge in [0.05, 0.1) is 10.5 Å². The van der Waals surface area contributed by atoms with Crippen molar-refractivity contribution in [2.75, 3.05) is 0 Å². The number of nitrogens with zero attached hydrogens (tertiary/aromatic N) is 1. The highest BCUT2D eigenvalue weighted by atomic mass is 127. The number of aromatic carboxylic acids is 1. The average molecular weight is 480 g/mol. The first-order chi connectivity index (χ1) is 9.88. The van der Waals surface area contributed by atoms with E-state index in [1.807, 2.05) is 22.6 Å². The van der Waals surface area contributed by atoms with Crippen LogP contribution in [-0.4, -0.2) is 16.0 Å². The van der Waals surface area contributed by atoms with E-state index in [1.165, 1.54) is 30.0 Å². The SMILES string of the molecule is O=C(O)c1ccc(Br)cc1Sc1ccc([N+](=O)[O-])cc1I. The van der Waals surface area contributed by atoms with E-state index in [-0.39, 0.29) is 11.3 Å². The van der Waals surface area contributed by atoms with Gasteiger partial charge < -0.3 is 5.11 Å². The van der Waals surface area contributed by atoms with Crippen molar-refractivity contribution in [3.63, 3.8) is 0 Å². The Labute approximate surface area is 146 Å². The molecule has 0 aliphatic heterocycles. The third-order valence-electron chi connectivity index (χ3n) is 2.52. The van der Waals surface area contributed by atoms with E-state index < -0.39 is 10.9 Å². The van der Waals surface area contributed by atoms with Gasteiger partial charge in [-0.1, -0.05) is 27.7 Å². The zero-order valence-corrected chi connectivity index (χ0v) is 14.8. The smallest absolute Gasteiger partial charge is 0.336 e. The Morgan fingerprint density at radius 2 is 1.95 bits per heavy atom. The van der Waals surface area contributed by atoms with Crippen LogP contribution in [0.1, 0.15) is 10.4 Å². The van der Waals surface area contributed by atoms with Crippen LogP contribution in [0.15, 0.2) is 50.7 Å². The first kappa shape index (κ1) is 16.2. The van der Waals surface area contributed by atoms with Gasteiger partial charge in [-0.25, -0.2) is 4.79 Å². The second kappa shape index (κ2) is 6.75. The van der Waals surface area contributed by atoms with Crippen LogP contribution in [0.5, 0.6) is 0 Å². The molecular formula is C13H7BrINO4S. The van der Waals surface area contributed by atoms with Gasteiger partial charge in [0.25, 0.3) is 5.69 Å². The monoisotopic (exact) mass is 479 g/mol. The van der Waals surface area contributed by atoms with Crippen molar-refractivity contribution in [3.05, 3.63) is 60.1 Å². The molecule has 21 heavy (non-hydrogen) atoms. The number of nitro benzene ring substituents is 1. The van der Waals surface area contributed by atoms with Crippen molar-refractivity contribution in [2.24, 2.45) is 0 Å². The van der Waals surface area contributed by atoms with Gasteiger partial charge in [-0.05, 0) is 46.9 Å². The molecule has 2 rings (SSSR count). The standard InChI is InChI=1S/C13H7BrINO4S/c14-7-1-3-9(13(17)18)12(5-7)21-11-4-2-8(16(19)20)6-10(11)15/h1-6H,(H,17,18). The summed E-state index contributed by atoms with van der Waals surface area (Å²) >= 11 is 6.57. The van der Waals surface area contributed by atoms with E-state index in [9.17, 15) is 20.0 Å². The lowest BCUT2D eigenvalue weighted by atomic mass is 10.2. The molecular weight excluding hydrogens is 473 g/mol. The molecule has 0 atom stereocenters. The van der Waals surface area contributed by atoms with E-state index >= 15 is 0 Å². The second-order valence-electron chi connectivity index (χ2n) is 3.92. The number of non-ortho nitro benzene ring substituents is 1. The second-order valence-corrected chi connectivity index (χ2v) is 7.08. The minimum Gasteiger partial charge on any atom is -0.478 e.